The summed E-state index contributed by atoms with van der Waals surface area (Å²) in [6.45, 7) is 4.62. The number of hydrogen-bond donors (Lipinski definition) is 1. The molecule has 1 heterocycles. The van der Waals surface area contributed by atoms with Crippen LogP contribution in [0.5, 0.6) is 0 Å². The Balaban J connectivity index is 2.51. The lowest BCUT2D eigenvalue weighted by Gasteiger charge is -2.31. The van der Waals surface area contributed by atoms with Gasteiger partial charge in [-0.25, -0.2) is 0 Å². The SMILES string of the molecule is CC(C)(O)C(=O)N1CCSCC1. The lowest BCUT2D eigenvalue weighted by Crippen LogP contribution is -2.48. The molecule has 0 atom stereocenters. The Morgan fingerprint density at radius 2 is 1.92 bits per heavy atom. The van der Waals surface area contributed by atoms with E-state index in [-0.39, 0.29) is 5.91 Å². The quantitative estimate of drug-likeness (QED) is 0.646. The van der Waals surface area contributed by atoms with Crippen LogP contribution in [0.25, 0.3) is 0 Å². The van der Waals surface area contributed by atoms with Gasteiger partial charge in [0.1, 0.15) is 5.60 Å². The van der Waals surface area contributed by atoms with Gasteiger partial charge in [0.05, 0.1) is 0 Å². The molecule has 1 aliphatic rings. The first-order valence-electron chi connectivity index (χ1n) is 4.11. The Morgan fingerprint density at radius 1 is 1.42 bits per heavy atom. The number of hydrogen-bond acceptors (Lipinski definition) is 3. The second kappa shape index (κ2) is 3.66. The van der Waals surface area contributed by atoms with E-state index in [0.29, 0.717) is 0 Å². The Labute approximate surface area is 77.1 Å². The highest BCUT2D eigenvalue weighted by Gasteiger charge is 2.29. The van der Waals surface area contributed by atoms with Gasteiger partial charge in [-0.05, 0) is 13.8 Å². The Hall–Kier alpha value is -0.220. The van der Waals surface area contributed by atoms with Crippen molar-refractivity contribution in [2.45, 2.75) is 19.4 Å². The molecule has 0 bridgehead atoms. The highest BCUT2D eigenvalue weighted by molar-refractivity contribution is 7.99. The number of aliphatic hydroxyl groups is 1. The minimum atomic E-state index is -1.21. The smallest absolute Gasteiger partial charge is 0.254 e. The molecule has 70 valence electrons. The second-order valence-corrected chi connectivity index (χ2v) is 4.69. The molecule has 1 N–H and O–H groups in total. The predicted molar refractivity (Wildman–Crippen MR) is 50.2 cm³/mol. The van der Waals surface area contributed by atoms with Gasteiger partial charge in [0.2, 0.25) is 0 Å². The molecule has 0 radical (unpaired) electrons. The summed E-state index contributed by atoms with van der Waals surface area (Å²) in [6, 6.07) is 0. The summed E-state index contributed by atoms with van der Waals surface area (Å²) in [4.78, 5) is 13.2. The van der Waals surface area contributed by atoms with Crippen LogP contribution in [-0.4, -0.2) is 46.1 Å². The van der Waals surface area contributed by atoms with Crippen LogP contribution in [0.1, 0.15) is 13.8 Å². The molecule has 1 fully saturated rings. The van der Waals surface area contributed by atoms with Crippen LogP contribution in [0.4, 0.5) is 0 Å². The molecule has 0 unspecified atom stereocenters. The monoisotopic (exact) mass is 189 g/mol. The summed E-state index contributed by atoms with van der Waals surface area (Å²) >= 11 is 1.85. The van der Waals surface area contributed by atoms with Crippen molar-refractivity contribution < 1.29 is 9.90 Å². The van der Waals surface area contributed by atoms with E-state index < -0.39 is 5.60 Å². The lowest BCUT2D eigenvalue weighted by atomic mass is 10.1. The van der Waals surface area contributed by atoms with E-state index in [1.807, 2.05) is 11.8 Å². The van der Waals surface area contributed by atoms with Gasteiger partial charge in [0.25, 0.3) is 5.91 Å². The molecule has 3 nitrogen and oxygen atoms in total. The zero-order chi connectivity index (χ0) is 9.19. The molecule has 0 saturated carbocycles. The van der Waals surface area contributed by atoms with E-state index in [9.17, 15) is 9.90 Å². The van der Waals surface area contributed by atoms with Gasteiger partial charge in [0.15, 0.2) is 0 Å². The van der Waals surface area contributed by atoms with Crippen LogP contribution in [0.2, 0.25) is 0 Å². The first-order chi connectivity index (χ1) is 5.52. The van der Waals surface area contributed by atoms with Gasteiger partial charge in [-0.3, -0.25) is 4.79 Å². The van der Waals surface area contributed by atoms with Crippen LogP contribution in [0, 0.1) is 0 Å². The Morgan fingerprint density at radius 3 is 2.33 bits per heavy atom. The van der Waals surface area contributed by atoms with Gasteiger partial charge >= 0.3 is 0 Å². The largest absolute Gasteiger partial charge is 0.381 e. The van der Waals surface area contributed by atoms with Crippen molar-refractivity contribution in [1.82, 2.24) is 4.90 Å². The maximum absolute atomic E-state index is 11.5. The summed E-state index contributed by atoms with van der Waals surface area (Å²) in [5, 5.41) is 9.44. The average molecular weight is 189 g/mol. The highest BCUT2D eigenvalue weighted by Crippen LogP contribution is 2.14. The number of carbonyl (C=O) groups excluding carboxylic acids is 1. The standard InChI is InChI=1S/C8H15NO2S/c1-8(2,11)7(10)9-3-5-12-6-4-9/h11H,3-6H2,1-2H3. The van der Waals surface area contributed by atoms with Crippen LogP contribution in [0.15, 0.2) is 0 Å². The summed E-state index contributed by atoms with van der Waals surface area (Å²) in [7, 11) is 0. The Bertz CT molecular complexity index is 170. The molecule has 1 saturated heterocycles. The van der Waals surface area contributed by atoms with E-state index in [4.69, 9.17) is 0 Å². The molecule has 0 aromatic rings. The highest BCUT2D eigenvalue weighted by atomic mass is 32.2. The zero-order valence-corrected chi connectivity index (χ0v) is 8.36. The van der Waals surface area contributed by atoms with Crippen molar-refractivity contribution in [1.29, 1.82) is 0 Å². The van der Waals surface area contributed by atoms with Crippen LogP contribution in [0.3, 0.4) is 0 Å². The van der Waals surface area contributed by atoms with Crippen molar-refractivity contribution in [2.24, 2.45) is 0 Å². The van der Waals surface area contributed by atoms with E-state index in [1.165, 1.54) is 13.8 Å². The summed E-state index contributed by atoms with van der Waals surface area (Å²) in [5.41, 5.74) is -1.21. The summed E-state index contributed by atoms with van der Waals surface area (Å²) in [6.07, 6.45) is 0. The number of thioether (sulfide) groups is 1. The third-order valence-corrected chi connectivity index (χ3v) is 2.76. The van der Waals surface area contributed by atoms with Crippen molar-refractivity contribution >= 4 is 17.7 Å². The molecule has 4 heteroatoms. The van der Waals surface area contributed by atoms with Crippen molar-refractivity contribution in [3.63, 3.8) is 0 Å². The van der Waals surface area contributed by atoms with Gasteiger partial charge in [-0.15, -0.1) is 0 Å². The number of amides is 1. The van der Waals surface area contributed by atoms with Crippen LogP contribution < -0.4 is 0 Å². The molecule has 0 aliphatic carbocycles. The second-order valence-electron chi connectivity index (χ2n) is 3.46. The molecular formula is C8H15NO2S. The molecule has 1 amide bonds. The number of nitrogens with zero attached hydrogens (tertiary/aromatic N) is 1. The summed E-state index contributed by atoms with van der Waals surface area (Å²) < 4.78 is 0. The maximum atomic E-state index is 11.5. The molecule has 1 rings (SSSR count). The average Bonchev–Trinajstić information content (AvgIpc) is 2.03. The first kappa shape index (κ1) is 9.86. The maximum Gasteiger partial charge on any atom is 0.254 e. The van der Waals surface area contributed by atoms with Crippen LogP contribution >= 0.6 is 11.8 Å². The molecular weight excluding hydrogens is 174 g/mol. The van der Waals surface area contributed by atoms with Crippen molar-refractivity contribution in [3.8, 4) is 0 Å². The van der Waals surface area contributed by atoms with E-state index in [0.717, 1.165) is 24.6 Å². The topological polar surface area (TPSA) is 40.5 Å². The lowest BCUT2D eigenvalue weighted by molar-refractivity contribution is -0.147. The fourth-order valence-corrected chi connectivity index (χ4v) is 2.06. The fourth-order valence-electron chi connectivity index (χ4n) is 1.15. The van der Waals surface area contributed by atoms with Crippen molar-refractivity contribution in [2.75, 3.05) is 24.6 Å². The van der Waals surface area contributed by atoms with E-state index in [1.54, 1.807) is 4.90 Å². The minimum absolute atomic E-state index is 0.150. The predicted octanol–water partition coefficient (Wildman–Crippen LogP) is 0.333. The third-order valence-electron chi connectivity index (χ3n) is 1.82. The van der Waals surface area contributed by atoms with Gasteiger partial charge in [-0.2, -0.15) is 11.8 Å². The normalized spacial score (nSPS) is 19.4. The number of rotatable bonds is 1. The van der Waals surface area contributed by atoms with E-state index in [2.05, 4.69) is 0 Å². The molecule has 1 aliphatic heterocycles. The van der Waals surface area contributed by atoms with Gasteiger partial charge < -0.3 is 10.0 Å². The van der Waals surface area contributed by atoms with Gasteiger partial charge in [-0.1, -0.05) is 0 Å². The third kappa shape index (κ3) is 2.38. The zero-order valence-electron chi connectivity index (χ0n) is 7.54. The van der Waals surface area contributed by atoms with Crippen LogP contribution in [-0.2, 0) is 4.79 Å². The van der Waals surface area contributed by atoms with Crippen molar-refractivity contribution in [3.05, 3.63) is 0 Å². The summed E-state index contributed by atoms with van der Waals surface area (Å²) in [5.74, 6) is 1.83. The molecule has 12 heavy (non-hydrogen) atoms. The first-order valence-corrected chi connectivity index (χ1v) is 5.27. The van der Waals surface area contributed by atoms with Gasteiger partial charge in [0, 0.05) is 24.6 Å². The molecule has 0 aromatic heterocycles. The fraction of sp³-hybridized carbons (Fsp3) is 0.875. The minimum Gasteiger partial charge on any atom is -0.381 e. The number of carbonyl (C=O) groups is 1. The molecule has 0 aromatic carbocycles. The molecule has 0 spiro atoms. The Kier molecular flexibility index (Phi) is 3.01. The van der Waals surface area contributed by atoms with E-state index >= 15 is 0 Å².